The summed E-state index contributed by atoms with van der Waals surface area (Å²) in [5.41, 5.74) is 1.09. The molecule has 1 aliphatic heterocycles. The van der Waals surface area contributed by atoms with Gasteiger partial charge in [-0.05, 0) is 56.8 Å². The van der Waals surface area contributed by atoms with E-state index < -0.39 is 18.4 Å². The number of nitrogens with one attached hydrogen (secondary N) is 1. The summed E-state index contributed by atoms with van der Waals surface area (Å²) in [4.78, 5) is 10.3. The number of halogens is 2. The zero-order valence-corrected chi connectivity index (χ0v) is 18.4. The third-order valence-corrected chi connectivity index (χ3v) is 5.52. The Morgan fingerprint density at radius 3 is 2.82 bits per heavy atom. The van der Waals surface area contributed by atoms with Crippen molar-refractivity contribution in [3.05, 3.63) is 35.7 Å². The molecule has 0 aromatic rings. The number of piperidine rings is 1. The monoisotopic (exact) mass is 412 g/mol. The first-order chi connectivity index (χ1) is 13.4. The maximum atomic E-state index is 14.9. The average molecular weight is 413 g/mol. The van der Waals surface area contributed by atoms with Crippen LogP contribution in [0.5, 0.6) is 0 Å². The minimum atomic E-state index is -1.79. The molecule has 3 unspecified atom stereocenters. The van der Waals surface area contributed by atoms with E-state index in [1.54, 1.807) is 19.3 Å². The highest BCUT2D eigenvalue weighted by atomic mass is 31.0. The molecule has 0 amide bonds. The predicted octanol–water partition coefficient (Wildman–Crippen LogP) is 4.12. The Morgan fingerprint density at radius 1 is 1.46 bits per heavy atom. The largest absolute Gasteiger partial charge is 0.382 e. The number of likely N-dealkylation sites (tertiary alicyclic amines) is 1. The van der Waals surface area contributed by atoms with E-state index in [9.17, 15) is 8.78 Å². The Balaban J connectivity index is 3.05. The molecule has 0 aromatic heterocycles. The molecule has 0 bridgehead atoms. The molecule has 3 atom stereocenters. The molecule has 1 saturated heterocycles. The second-order valence-electron chi connectivity index (χ2n) is 7.05. The molecule has 0 aromatic carbocycles. The lowest BCUT2D eigenvalue weighted by atomic mass is 9.88. The Hall–Kier alpha value is -1.39. The van der Waals surface area contributed by atoms with Crippen LogP contribution in [0.25, 0.3) is 0 Å². The van der Waals surface area contributed by atoms with Gasteiger partial charge in [-0.25, -0.2) is 8.78 Å². The van der Waals surface area contributed by atoms with Crippen molar-refractivity contribution in [1.82, 2.24) is 10.2 Å². The number of aliphatic imine (C=N–C) groups is 2. The first kappa shape index (κ1) is 24.6. The van der Waals surface area contributed by atoms with Crippen molar-refractivity contribution >= 4 is 22.2 Å². The lowest BCUT2D eigenvalue weighted by Gasteiger charge is -2.43. The lowest BCUT2D eigenvalue weighted by Crippen LogP contribution is -2.55. The highest BCUT2D eigenvalue weighted by Crippen LogP contribution is 2.32. The van der Waals surface area contributed by atoms with Gasteiger partial charge >= 0.3 is 0 Å². The van der Waals surface area contributed by atoms with Crippen molar-refractivity contribution in [1.29, 1.82) is 0 Å². The summed E-state index contributed by atoms with van der Waals surface area (Å²) in [5.74, 6) is 0. The zero-order chi connectivity index (χ0) is 21.0. The molecule has 7 heteroatoms. The zero-order valence-electron chi connectivity index (χ0n) is 17.3. The van der Waals surface area contributed by atoms with Crippen LogP contribution in [0.2, 0.25) is 0 Å². The number of allylic oxidation sites excluding steroid dienone is 1. The van der Waals surface area contributed by atoms with Crippen LogP contribution in [0.1, 0.15) is 33.1 Å². The van der Waals surface area contributed by atoms with Gasteiger partial charge in [0.15, 0.2) is 5.67 Å². The van der Waals surface area contributed by atoms with E-state index in [2.05, 4.69) is 37.8 Å². The van der Waals surface area contributed by atoms with Gasteiger partial charge in [0.1, 0.15) is 6.67 Å². The van der Waals surface area contributed by atoms with Gasteiger partial charge in [-0.1, -0.05) is 19.6 Å². The standard InChI is InChI=1S/C21H35F2N4P/c1-5-17(2)19(14-24-4)20(26-11-10-25-9-7-13-28)15-27-12-6-8-21(23,16-22)18(27)3/h7,9-10,18,26H,2,4-6,8,11-16,28H2,1,3H3/b9-7-,20-19+,25-10?. The molecular weight excluding hydrogens is 377 g/mol. The molecule has 1 N–H and O–H groups in total. The Bertz CT molecular complexity index is 603. The van der Waals surface area contributed by atoms with Crippen LogP contribution in [-0.2, 0) is 0 Å². The maximum absolute atomic E-state index is 14.9. The second-order valence-corrected chi connectivity index (χ2v) is 7.52. The summed E-state index contributed by atoms with van der Waals surface area (Å²) in [6.07, 6.45) is 8.03. The van der Waals surface area contributed by atoms with E-state index in [0.717, 1.165) is 36.0 Å². The Labute approximate surface area is 171 Å². The summed E-state index contributed by atoms with van der Waals surface area (Å²) in [6.45, 7) is 12.8. The Kier molecular flexibility index (Phi) is 11.4. The molecule has 1 aliphatic rings. The Morgan fingerprint density at radius 2 is 2.21 bits per heavy atom. The number of rotatable bonds is 12. The van der Waals surface area contributed by atoms with E-state index in [1.807, 2.05) is 17.9 Å². The quantitative estimate of drug-likeness (QED) is 0.298. The van der Waals surface area contributed by atoms with Gasteiger partial charge in [0, 0.05) is 30.7 Å². The van der Waals surface area contributed by atoms with E-state index in [4.69, 9.17) is 0 Å². The summed E-state index contributed by atoms with van der Waals surface area (Å²) >= 11 is 0. The lowest BCUT2D eigenvalue weighted by molar-refractivity contribution is -0.0213. The number of nitrogens with zero attached hydrogens (tertiary/aromatic N) is 3. The van der Waals surface area contributed by atoms with Gasteiger partial charge in [0.05, 0.1) is 13.1 Å². The molecule has 0 saturated carbocycles. The van der Waals surface area contributed by atoms with Gasteiger partial charge in [-0.2, -0.15) is 0 Å². The van der Waals surface area contributed by atoms with Crippen molar-refractivity contribution in [3.8, 4) is 0 Å². The molecular formula is C21H35F2N4P. The third-order valence-electron chi connectivity index (χ3n) is 5.24. The number of hydrogen-bond donors (Lipinski definition) is 1. The number of alkyl halides is 2. The van der Waals surface area contributed by atoms with Crippen LogP contribution in [0.3, 0.4) is 0 Å². The topological polar surface area (TPSA) is 40.0 Å². The molecule has 158 valence electrons. The summed E-state index contributed by atoms with van der Waals surface area (Å²) in [6, 6.07) is -0.491. The SMILES string of the molecule is C=NC/C(C(=C)CC)=C(/CN1CCCC(F)(CF)C1C)NCC=N/C=C\CP. The van der Waals surface area contributed by atoms with Crippen LogP contribution >= 0.6 is 9.24 Å². The summed E-state index contributed by atoms with van der Waals surface area (Å²) < 4.78 is 28.2. The second kappa shape index (κ2) is 12.9. The molecule has 1 fully saturated rings. The fourth-order valence-electron chi connectivity index (χ4n) is 3.31. The number of hydrogen-bond acceptors (Lipinski definition) is 4. The van der Waals surface area contributed by atoms with E-state index in [-0.39, 0.29) is 6.42 Å². The minimum Gasteiger partial charge on any atom is -0.382 e. The van der Waals surface area contributed by atoms with Crippen LogP contribution < -0.4 is 5.32 Å². The third kappa shape index (κ3) is 7.21. The maximum Gasteiger partial charge on any atom is 0.154 e. The van der Waals surface area contributed by atoms with Crippen LogP contribution in [-0.4, -0.2) is 68.6 Å². The predicted molar refractivity (Wildman–Crippen MR) is 121 cm³/mol. The molecule has 28 heavy (non-hydrogen) atoms. The van der Waals surface area contributed by atoms with Crippen molar-refractivity contribution in [3.63, 3.8) is 0 Å². The first-order valence-electron chi connectivity index (χ1n) is 9.85. The van der Waals surface area contributed by atoms with Crippen LogP contribution in [0, 0.1) is 0 Å². The van der Waals surface area contributed by atoms with Crippen molar-refractivity contribution < 1.29 is 8.78 Å². The van der Waals surface area contributed by atoms with Crippen molar-refractivity contribution in [2.75, 3.05) is 39.0 Å². The molecule has 0 aliphatic carbocycles. The van der Waals surface area contributed by atoms with Crippen LogP contribution in [0.15, 0.2) is 45.7 Å². The van der Waals surface area contributed by atoms with E-state index in [0.29, 0.717) is 26.1 Å². The highest BCUT2D eigenvalue weighted by molar-refractivity contribution is 7.16. The smallest absolute Gasteiger partial charge is 0.154 e. The normalized spacial score (nSPS) is 24.5. The first-order valence-corrected chi connectivity index (χ1v) is 10.7. The molecule has 1 heterocycles. The highest BCUT2D eigenvalue weighted by Gasteiger charge is 2.42. The van der Waals surface area contributed by atoms with Crippen molar-refractivity contribution in [2.24, 2.45) is 9.98 Å². The summed E-state index contributed by atoms with van der Waals surface area (Å²) in [5, 5.41) is 3.39. The van der Waals surface area contributed by atoms with Gasteiger partial charge in [0.25, 0.3) is 0 Å². The molecule has 0 spiro atoms. The minimum absolute atomic E-state index is 0.269. The van der Waals surface area contributed by atoms with Gasteiger partial charge in [-0.3, -0.25) is 14.9 Å². The average Bonchev–Trinajstić information content (AvgIpc) is 2.70. The van der Waals surface area contributed by atoms with Gasteiger partial charge < -0.3 is 5.32 Å². The fraction of sp³-hybridized carbons (Fsp3) is 0.619. The molecule has 4 nitrogen and oxygen atoms in total. The van der Waals surface area contributed by atoms with Crippen molar-refractivity contribution in [2.45, 2.75) is 44.8 Å². The molecule has 0 radical (unpaired) electrons. The summed E-state index contributed by atoms with van der Waals surface area (Å²) in [7, 11) is 2.61. The van der Waals surface area contributed by atoms with E-state index in [1.165, 1.54) is 0 Å². The van der Waals surface area contributed by atoms with Gasteiger partial charge in [0.2, 0.25) is 0 Å². The van der Waals surface area contributed by atoms with Gasteiger partial charge in [-0.15, -0.1) is 9.24 Å². The molecule has 1 rings (SSSR count). The fourth-order valence-corrected chi connectivity index (χ4v) is 3.43. The van der Waals surface area contributed by atoms with Crippen LogP contribution in [0.4, 0.5) is 8.78 Å². The van der Waals surface area contributed by atoms with E-state index >= 15 is 0 Å².